The van der Waals surface area contributed by atoms with Gasteiger partial charge in [0, 0.05) is 25.9 Å². The first-order valence-electron chi connectivity index (χ1n) is 7.84. The fourth-order valence-electron chi connectivity index (χ4n) is 2.88. The van der Waals surface area contributed by atoms with E-state index < -0.39 is 23.3 Å². The van der Waals surface area contributed by atoms with Crippen LogP contribution in [-0.4, -0.2) is 35.9 Å². The van der Waals surface area contributed by atoms with Crippen molar-refractivity contribution in [3.05, 3.63) is 59.5 Å². The molecular formula is C18H19FN4O2. The first kappa shape index (κ1) is 16.9. The number of anilines is 1. The lowest BCUT2D eigenvalue weighted by atomic mass is 9.91. The summed E-state index contributed by atoms with van der Waals surface area (Å²) in [4.78, 5) is 32.4. The van der Waals surface area contributed by atoms with Crippen LogP contribution in [0.3, 0.4) is 0 Å². The Morgan fingerprint density at radius 3 is 2.64 bits per heavy atom. The van der Waals surface area contributed by atoms with Crippen molar-refractivity contribution in [1.29, 1.82) is 0 Å². The fourth-order valence-corrected chi connectivity index (χ4v) is 2.88. The monoisotopic (exact) mass is 342 g/mol. The van der Waals surface area contributed by atoms with E-state index in [2.05, 4.69) is 10.3 Å². The molecule has 2 aromatic rings. The van der Waals surface area contributed by atoms with Gasteiger partial charge in [0.2, 0.25) is 0 Å². The second-order valence-electron chi connectivity index (χ2n) is 6.34. The maximum atomic E-state index is 14.1. The number of hydrogen-bond acceptors (Lipinski definition) is 4. The highest BCUT2D eigenvalue weighted by Gasteiger charge is 2.50. The summed E-state index contributed by atoms with van der Waals surface area (Å²) in [6.07, 6.45) is 1.62. The largest absolute Gasteiger partial charge is 0.363 e. The number of aromatic nitrogens is 1. The molecule has 1 atom stereocenters. The van der Waals surface area contributed by atoms with Crippen molar-refractivity contribution in [3.63, 3.8) is 0 Å². The van der Waals surface area contributed by atoms with Crippen LogP contribution in [0, 0.1) is 5.82 Å². The van der Waals surface area contributed by atoms with Crippen molar-refractivity contribution >= 4 is 17.8 Å². The summed E-state index contributed by atoms with van der Waals surface area (Å²) in [5.74, 6) is -0.286. The minimum absolute atomic E-state index is 0.0953. The van der Waals surface area contributed by atoms with E-state index in [9.17, 15) is 14.0 Å². The number of nitrogens with one attached hydrogen (secondary N) is 1. The van der Waals surface area contributed by atoms with Crippen LogP contribution < -0.4 is 10.2 Å². The van der Waals surface area contributed by atoms with Crippen molar-refractivity contribution in [2.75, 3.05) is 19.0 Å². The summed E-state index contributed by atoms with van der Waals surface area (Å²) in [5, 5.41) is 2.62. The van der Waals surface area contributed by atoms with Crippen molar-refractivity contribution in [2.45, 2.75) is 19.0 Å². The summed E-state index contributed by atoms with van der Waals surface area (Å²) in [6, 6.07) is 8.96. The molecule has 1 saturated heterocycles. The SMILES string of the molecule is CN(C)c1cc(CN2C(=O)N[C@](C)(c3ccccc3F)C2=O)ccn1. The van der Waals surface area contributed by atoms with Crippen LogP contribution >= 0.6 is 0 Å². The predicted octanol–water partition coefficient (Wildman–Crippen LogP) is 2.25. The molecule has 7 heteroatoms. The Morgan fingerprint density at radius 2 is 1.96 bits per heavy atom. The number of amides is 3. The van der Waals surface area contributed by atoms with Crippen LogP contribution in [0.2, 0.25) is 0 Å². The van der Waals surface area contributed by atoms with Crippen molar-refractivity contribution in [3.8, 4) is 0 Å². The third-order valence-electron chi connectivity index (χ3n) is 4.30. The van der Waals surface area contributed by atoms with Crippen molar-refractivity contribution in [2.24, 2.45) is 0 Å². The van der Waals surface area contributed by atoms with E-state index in [0.717, 1.165) is 16.3 Å². The topological polar surface area (TPSA) is 65.5 Å². The molecule has 0 bridgehead atoms. The third kappa shape index (κ3) is 2.93. The molecule has 25 heavy (non-hydrogen) atoms. The number of rotatable bonds is 4. The van der Waals surface area contributed by atoms with Crippen molar-refractivity contribution in [1.82, 2.24) is 15.2 Å². The molecule has 1 aromatic heterocycles. The molecule has 3 rings (SSSR count). The average molecular weight is 342 g/mol. The lowest BCUT2D eigenvalue weighted by Crippen LogP contribution is -2.41. The van der Waals surface area contributed by atoms with E-state index in [1.165, 1.54) is 19.1 Å². The molecule has 2 heterocycles. The number of pyridine rings is 1. The quantitative estimate of drug-likeness (QED) is 0.866. The van der Waals surface area contributed by atoms with Gasteiger partial charge in [-0.15, -0.1) is 0 Å². The first-order valence-corrected chi connectivity index (χ1v) is 7.84. The summed E-state index contributed by atoms with van der Waals surface area (Å²) >= 11 is 0. The van der Waals surface area contributed by atoms with Crippen LogP contribution in [0.1, 0.15) is 18.1 Å². The Hall–Kier alpha value is -2.96. The highest BCUT2D eigenvalue weighted by atomic mass is 19.1. The zero-order chi connectivity index (χ0) is 18.2. The number of carbonyl (C=O) groups excluding carboxylic acids is 2. The highest BCUT2D eigenvalue weighted by molar-refractivity contribution is 6.07. The minimum atomic E-state index is -1.42. The summed E-state index contributed by atoms with van der Waals surface area (Å²) in [7, 11) is 3.71. The second kappa shape index (κ2) is 6.16. The molecule has 1 fully saturated rings. The molecule has 0 radical (unpaired) electrons. The number of carbonyl (C=O) groups is 2. The van der Waals surface area contributed by atoms with Crippen LogP contribution in [0.25, 0.3) is 0 Å². The lowest BCUT2D eigenvalue weighted by molar-refractivity contribution is -0.131. The molecule has 1 N–H and O–H groups in total. The number of nitrogens with zero attached hydrogens (tertiary/aromatic N) is 3. The molecule has 0 saturated carbocycles. The normalized spacial score (nSPS) is 19.9. The summed E-state index contributed by atoms with van der Waals surface area (Å²) in [6.45, 7) is 1.61. The molecule has 0 aliphatic carbocycles. The Balaban J connectivity index is 1.90. The van der Waals surface area contributed by atoms with Gasteiger partial charge in [-0.2, -0.15) is 0 Å². The number of benzene rings is 1. The average Bonchev–Trinajstić information content (AvgIpc) is 2.79. The minimum Gasteiger partial charge on any atom is -0.363 e. The van der Waals surface area contributed by atoms with Gasteiger partial charge in [0.25, 0.3) is 5.91 Å². The van der Waals surface area contributed by atoms with Gasteiger partial charge in [-0.3, -0.25) is 9.69 Å². The summed E-state index contributed by atoms with van der Waals surface area (Å²) in [5.41, 5.74) is -0.501. The smallest absolute Gasteiger partial charge is 0.325 e. The standard InChI is InChI=1S/C18H19FN4O2/c1-18(13-6-4-5-7-14(13)19)16(24)23(17(25)21-18)11-12-8-9-20-15(10-12)22(2)3/h4-10H,11H2,1-3H3,(H,21,25)/t18-/m1/s1. The van der Waals surface area contributed by atoms with Gasteiger partial charge < -0.3 is 10.2 Å². The van der Waals surface area contributed by atoms with Gasteiger partial charge in [-0.05, 0) is 30.7 Å². The van der Waals surface area contributed by atoms with Gasteiger partial charge in [0.1, 0.15) is 17.2 Å². The van der Waals surface area contributed by atoms with E-state index in [-0.39, 0.29) is 12.1 Å². The lowest BCUT2D eigenvalue weighted by Gasteiger charge is -2.22. The first-order chi connectivity index (χ1) is 11.8. The maximum Gasteiger partial charge on any atom is 0.325 e. The molecule has 1 aromatic carbocycles. The van der Waals surface area contributed by atoms with E-state index in [0.29, 0.717) is 0 Å². The van der Waals surface area contributed by atoms with Gasteiger partial charge in [-0.25, -0.2) is 14.2 Å². The number of urea groups is 1. The molecular weight excluding hydrogens is 323 g/mol. The van der Waals surface area contributed by atoms with Gasteiger partial charge in [-0.1, -0.05) is 18.2 Å². The molecule has 6 nitrogen and oxygen atoms in total. The zero-order valence-corrected chi connectivity index (χ0v) is 14.3. The molecule has 0 spiro atoms. The Bertz CT molecular complexity index is 839. The second-order valence-corrected chi connectivity index (χ2v) is 6.34. The Morgan fingerprint density at radius 1 is 1.24 bits per heavy atom. The molecule has 0 unspecified atom stereocenters. The Kier molecular flexibility index (Phi) is 4.16. The molecule has 1 aliphatic heterocycles. The summed E-state index contributed by atoms with van der Waals surface area (Å²) < 4.78 is 14.1. The number of imide groups is 1. The zero-order valence-electron chi connectivity index (χ0n) is 14.3. The van der Waals surface area contributed by atoms with Crippen LogP contribution in [0.4, 0.5) is 15.0 Å². The Labute approximate surface area is 145 Å². The van der Waals surface area contributed by atoms with Crippen LogP contribution in [0.15, 0.2) is 42.6 Å². The fraction of sp³-hybridized carbons (Fsp3) is 0.278. The number of hydrogen-bond donors (Lipinski definition) is 1. The highest BCUT2D eigenvalue weighted by Crippen LogP contribution is 2.31. The van der Waals surface area contributed by atoms with E-state index >= 15 is 0 Å². The third-order valence-corrected chi connectivity index (χ3v) is 4.30. The van der Waals surface area contributed by atoms with Gasteiger partial charge in [0.15, 0.2) is 0 Å². The molecule has 3 amide bonds. The maximum absolute atomic E-state index is 14.1. The molecule has 1 aliphatic rings. The number of halogens is 1. The predicted molar refractivity (Wildman–Crippen MR) is 91.4 cm³/mol. The van der Waals surface area contributed by atoms with Gasteiger partial charge in [0.05, 0.1) is 6.54 Å². The van der Waals surface area contributed by atoms with E-state index in [1.54, 1.807) is 30.5 Å². The van der Waals surface area contributed by atoms with E-state index in [1.807, 2.05) is 19.0 Å². The molecule has 130 valence electrons. The van der Waals surface area contributed by atoms with Gasteiger partial charge >= 0.3 is 6.03 Å². The van der Waals surface area contributed by atoms with Crippen LogP contribution in [-0.2, 0) is 16.9 Å². The van der Waals surface area contributed by atoms with Crippen molar-refractivity contribution < 1.29 is 14.0 Å². The van der Waals surface area contributed by atoms with Crippen LogP contribution in [0.5, 0.6) is 0 Å². The van der Waals surface area contributed by atoms with E-state index in [4.69, 9.17) is 0 Å².